The van der Waals surface area contributed by atoms with Crippen molar-refractivity contribution in [3.8, 4) is 5.88 Å². The monoisotopic (exact) mass is 265 g/mol. The van der Waals surface area contributed by atoms with E-state index in [2.05, 4.69) is 37.3 Å². The second-order valence-corrected chi connectivity index (χ2v) is 5.89. The molecule has 0 saturated heterocycles. The summed E-state index contributed by atoms with van der Waals surface area (Å²) in [5.74, 6) is 1.59. The van der Waals surface area contributed by atoms with Crippen LogP contribution in [-0.4, -0.2) is 16.9 Å². The van der Waals surface area contributed by atoms with Crippen LogP contribution in [0.3, 0.4) is 0 Å². The maximum Gasteiger partial charge on any atom is 0.213 e. The maximum absolute atomic E-state index is 5.20. The van der Waals surface area contributed by atoms with Gasteiger partial charge in [-0.05, 0) is 32.4 Å². The molecule has 2 aromatic rings. The molecular formula is C13H19N3OS. The highest BCUT2D eigenvalue weighted by Crippen LogP contribution is 2.28. The predicted molar refractivity (Wildman–Crippen MR) is 75.6 cm³/mol. The van der Waals surface area contributed by atoms with Crippen molar-refractivity contribution in [2.45, 2.75) is 26.8 Å². The van der Waals surface area contributed by atoms with Crippen molar-refractivity contribution in [3.63, 3.8) is 0 Å². The third-order valence-electron chi connectivity index (χ3n) is 2.96. The second kappa shape index (κ2) is 5.02. The number of aromatic nitrogens is 2. The van der Waals surface area contributed by atoms with Gasteiger partial charge >= 0.3 is 0 Å². The van der Waals surface area contributed by atoms with E-state index in [0.29, 0.717) is 0 Å². The number of aryl methyl sites for hydroxylation is 3. The molecule has 0 aliphatic rings. The molecule has 0 saturated carbocycles. The summed E-state index contributed by atoms with van der Waals surface area (Å²) in [6.07, 6.45) is 0. The summed E-state index contributed by atoms with van der Waals surface area (Å²) in [5.41, 5.74) is 1.34. The van der Waals surface area contributed by atoms with Crippen molar-refractivity contribution >= 4 is 17.2 Å². The minimum absolute atomic E-state index is 0.245. The molecule has 0 bridgehead atoms. The minimum atomic E-state index is 0.245. The molecule has 2 aromatic heterocycles. The van der Waals surface area contributed by atoms with Gasteiger partial charge in [0.05, 0.1) is 13.2 Å². The van der Waals surface area contributed by atoms with Crippen LogP contribution in [-0.2, 0) is 7.05 Å². The lowest BCUT2D eigenvalue weighted by Gasteiger charge is -2.12. The summed E-state index contributed by atoms with van der Waals surface area (Å²) >= 11 is 1.83. The standard InChI is InChI=1S/C13H19N3OS/c1-8-6-11(10(3)18-8)9(2)14-12-7-13(17-5)16(4)15-12/h6-7,9H,1-5H3,(H,14,15). The van der Waals surface area contributed by atoms with E-state index >= 15 is 0 Å². The van der Waals surface area contributed by atoms with E-state index in [1.807, 2.05) is 24.5 Å². The second-order valence-electron chi connectivity index (χ2n) is 4.43. The van der Waals surface area contributed by atoms with Gasteiger partial charge in [0.1, 0.15) is 0 Å². The third-order valence-corrected chi connectivity index (χ3v) is 3.94. The zero-order valence-corrected chi connectivity index (χ0v) is 12.3. The largest absolute Gasteiger partial charge is 0.481 e. The summed E-state index contributed by atoms with van der Waals surface area (Å²) in [7, 11) is 3.52. The quantitative estimate of drug-likeness (QED) is 0.922. The molecule has 5 heteroatoms. The maximum atomic E-state index is 5.20. The first-order chi connectivity index (χ1) is 8.51. The van der Waals surface area contributed by atoms with Gasteiger partial charge in [0.15, 0.2) is 5.82 Å². The summed E-state index contributed by atoms with van der Waals surface area (Å²) in [5, 5.41) is 7.77. The average molecular weight is 265 g/mol. The fourth-order valence-electron chi connectivity index (χ4n) is 2.09. The zero-order valence-electron chi connectivity index (χ0n) is 11.4. The Morgan fingerprint density at radius 2 is 2.11 bits per heavy atom. The van der Waals surface area contributed by atoms with E-state index in [4.69, 9.17) is 4.74 Å². The van der Waals surface area contributed by atoms with Gasteiger partial charge in [-0.25, -0.2) is 4.68 Å². The highest BCUT2D eigenvalue weighted by atomic mass is 32.1. The Morgan fingerprint density at radius 1 is 1.39 bits per heavy atom. The smallest absolute Gasteiger partial charge is 0.213 e. The van der Waals surface area contributed by atoms with Crippen LogP contribution in [0.4, 0.5) is 5.82 Å². The molecule has 0 radical (unpaired) electrons. The fourth-order valence-corrected chi connectivity index (χ4v) is 3.11. The lowest BCUT2D eigenvalue weighted by Crippen LogP contribution is -2.07. The molecule has 2 rings (SSSR count). The molecule has 0 spiro atoms. The number of methoxy groups -OCH3 is 1. The molecule has 2 heterocycles. The Bertz CT molecular complexity index is 544. The first-order valence-electron chi connectivity index (χ1n) is 5.92. The Hall–Kier alpha value is -1.49. The van der Waals surface area contributed by atoms with E-state index in [1.165, 1.54) is 15.3 Å². The van der Waals surface area contributed by atoms with E-state index in [1.54, 1.807) is 11.8 Å². The van der Waals surface area contributed by atoms with E-state index in [-0.39, 0.29) is 6.04 Å². The van der Waals surface area contributed by atoms with Crippen LogP contribution in [0.15, 0.2) is 12.1 Å². The van der Waals surface area contributed by atoms with E-state index < -0.39 is 0 Å². The number of nitrogens with one attached hydrogen (secondary N) is 1. The summed E-state index contributed by atoms with van der Waals surface area (Å²) < 4.78 is 6.93. The van der Waals surface area contributed by atoms with Gasteiger partial charge in [-0.2, -0.15) is 5.10 Å². The number of ether oxygens (including phenoxy) is 1. The minimum Gasteiger partial charge on any atom is -0.481 e. The number of hydrogen-bond acceptors (Lipinski definition) is 4. The van der Waals surface area contributed by atoms with Gasteiger partial charge in [-0.1, -0.05) is 0 Å². The van der Waals surface area contributed by atoms with Crippen molar-refractivity contribution in [1.82, 2.24) is 9.78 Å². The molecule has 1 atom stereocenters. The molecule has 98 valence electrons. The average Bonchev–Trinajstić information content (AvgIpc) is 2.81. The molecule has 18 heavy (non-hydrogen) atoms. The number of anilines is 1. The Morgan fingerprint density at radius 3 is 2.61 bits per heavy atom. The molecule has 1 unspecified atom stereocenters. The SMILES string of the molecule is COc1cc(NC(C)c2cc(C)sc2C)nn1C. The van der Waals surface area contributed by atoms with Crippen molar-refractivity contribution < 1.29 is 4.74 Å². The van der Waals surface area contributed by atoms with Crippen LogP contribution >= 0.6 is 11.3 Å². The fraction of sp³-hybridized carbons (Fsp3) is 0.462. The predicted octanol–water partition coefficient (Wildman–Crippen LogP) is 3.28. The topological polar surface area (TPSA) is 39.1 Å². The van der Waals surface area contributed by atoms with Gasteiger partial charge in [-0.15, -0.1) is 11.3 Å². The van der Waals surface area contributed by atoms with Gasteiger partial charge in [0.2, 0.25) is 5.88 Å². The summed E-state index contributed by atoms with van der Waals surface area (Å²) in [6, 6.07) is 4.39. The van der Waals surface area contributed by atoms with Gasteiger partial charge in [0.25, 0.3) is 0 Å². The molecule has 0 aliphatic heterocycles. The molecule has 0 aliphatic carbocycles. The third kappa shape index (κ3) is 2.51. The van der Waals surface area contributed by atoms with Crippen LogP contribution in [0.25, 0.3) is 0 Å². The van der Waals surface area contributed by atoms with Crippen LogP contribution in [0.1, 0.15) is 28.3 Å². The zero-order chi connectivity index (χ0) is 13.3. The number of rotatable bonds is 4. The van der Waals surface area contributed by atoms with Crippen molar-refractivity contribution in [2.75, 3.05) is 12.4 Å². The Balaban J connectivity index is 2.15. The van der Waals surface area contributed by atoms with Crippen molar-refractivity contribution in [2.24, 2.45) is 7.05 Å². The summed E-state index contributed by atoms with van der Waals surface area (Å²) in [4.78, 5) is 2.70. The molecule has 0 aromatic carbocycles. The van der Waals surface area contributed by atoms with Crippen LogP contribution in [0.5, 0.6) is 5.88 Å². The first-order valence-corrected chi connectivity index (χ1v) is 6.74. The van der Waals surface area contributed by atoms with Crippen LogP contribution in [0, 0.1) is 13.8 Å². The number of hydrogen-bond donors (Lipinski definition) is 1. The van der Waals surface area contributed by atoms with Gasteiger partial charge in [-0.3, -0.25) is 0 Å². The highest BCUT2D eigenvalue weighted by molar-refractivity contribution is 7.12. The molecule has 0 amide bonds. The molecule has 0 fully saturated rings. The van der Waals surface area contributed by atoms with Gasteiger partial charge in [0, 0.05) is 22.9 Å². The van der Waals surface area contributed by atoms with Gasteiger partial charge < -0.3 is 10.1 Å². The Labute approximate surface area is 112 Å². The van der Waals surface area contributed by atoms with Crippen molar-refractivity contribution in [1.29, 1.82) is 0 Å². The molecule has 4 nitrogen and oxygen atoms in total. The Kier molecular flexibility index (Phi) is 3.61. The van der Waals surface area contributed by atoms with Crippen LogP contribution < -0.4 is 10.1 Å². The first kappa shape index (κ1) is 13.0. The normalized spacial score (nSPS) is 12.5. The highest BCUT2D eigenvalue weighted by Gasteiger charge is 2.13. The molecule has 1 N–H and O–H groups in total. The van der Waals surface area contributed by atoms with Crippen molar-refractivity contribution in [3.05, 3.63) is 27.5 Å². The molecular weight excluding hydrogens is 246 g/mol. The van der Waals surface area contributed by atoms with Crippen LogP contribution in [0.2, 0.25) is 0 Å². The summed E-state index contributed by atoms with van der Waals surface area (Å²) in [6.45, 7) is 6.44. The van der Waals surface area contributed by atoms with E-state index in [9.17, 15) is 0 Å². The number of thiophene rings is 1. The lowest BCUT2D eigenvalue weighted by molar-refractivity contribution is 0.373. The van der Waals surface area contributed by atoms with E-state index in [0.717, 1.165) is 11.7 Å². The lowest BCUT2D eigenvalue weighted by atomic mass is 10.1. The number of nitrogens with zero attached hydrogens (tertiary/aromatic N) is 2.